The molecule has 2 aliphatic rings. The van der Waals surface area contributed by atoms with Crippen LogP contribution in [0.15, 0.2) is 35.3 Å². The molecule has 6 heteroatoms. The van der Waals surface area contributed by atoms with Crippen LogP contribution < -0.4 is 10.6 Å². The Hall–Kier alpha value is -1.63. The zero-order valence-electron chi connectivity index (χ0n) is 17.2. The monoisotopic (exact) mass is 388 g/mol. The predicted molar refractivity (Wildman–Crippen MR) is 114 cm³/mol. The Balaban J connectivity index is 1.49. The number of nitrogens with zero attached hydrogens (tertiary/aromatic N) is 2. The number of hydrogen-bond donors (Lipinski definition) is 2. The van der Waals surface area contributed by atoms with Gasteiger partial charge in [-0.15, -0.1) is 0 Å². The molecular formula is C22H36N4O2. The first kappa shape index (κ1) is 21.1. The van der Waals surface area contributed by atoms with Gasteiger partial charge in [-0.25, -0.2) is 0 Å². The highest BCUT2D eigenvalue weighted by Gasteiger charge is 2.23. The van der Waals surface area contributed by atoms with Gasteiger partial charge >= 0.3 is 0 Å². The second-order valence-corrected chi connectivity index (χ2v) is 7.53. The van der Waals surface area contributed by atoms with Crippen molar-refractivity contribution in [3.05, 3.63) is 35.9 Å². The number of hydrogen-bond acceptors (Lipinski definition) is 4. The minimum Gasteiger partial charge on any atom is -0.379 e. The number of guanidine groups is 1. The molecule has 2 N–H and O–H groups in total. The first-order chi connectivity index (χ1) is 13.9. The van der Waals surface area contributed by atoms with Crippen molar-refractivity contribution in [1.29, 1.82) is 0 Å². The highest BCUT2D eigenvalue weighted by atomic mass is 16.5. The van der Waals surface area contributed by atoms with E-state index >= 15 is 0 Å². The Labute approximate surface area is 169 Å². The molecule has 0 aromatic heterocycles. The van der Waals surface area contributed by atoms with Crippen LogP contribution in [0.1, 0.15) is 44.2 Å². The average molecular weight is 389 g/mol. The minimum atomic E-state index is 0.286. The van der Waals surface area contributed by atoms with Gasteiger partial charge in [-0.2, -0.15) is 0 Å². The van der Waals surface area contributed by atoms with E-state index in [1.54, 1.807) is 0 Å². The summed E-state index contributed by atoms with van der Waals surface area (Å²) in [7, 11) is 0. The molecule has 0 spiro atoms. The second kappa shape index (κ2) is 12.0. The summed E-state index contributed by atoms with van der Waals surface area (Å²) in [6.45, 7) is 9.28. The molecule has 156 valence electrons. The summed E-state index contributed by atoms with van der Waals surface area (Å²) in [5.74, 6) is 0.895. The normalized spacial score (nSPS) is 21.8. The summed E-state index contributed by atoms with van der Waals surface area (Å²) < 4.78 is 11.2. The standard InChI is InChI=1S/C22H36N4O2/c1-2-23-22(24-12-8-15-28-20-11-16-27-18-20)25-17-21(26-13-6-7-14-26)19-9-4-3-5-10-19/h3-5,9-10,20-21H,2,6-8,11-18H2,1H3,(H2,23,24,25). The van der Waals surface area contributed by atoms with Crippen molar-refractivity contribution in [3.8, 4) is 0 Å². The fourth-order valence-corrected chi connectivity index (χ4v) is 3.85. The molecule has 0 radical (unpaired) electrons. The van der Waals surface area contributed by atoms with Crippen LogP contribution in [-0.4, -0.2) is 69.5 Å². The van der Waals surface area contributed by atoms with E-state index in [9.17, 15) is 0 Å². The van der Waals surface area contributed by atoms with Crippen molar-refractivity contribution in [2.75, 3.05) is 52.5 Å². The van der Waals surface area contributed by atoms with Gasteiger partial charge in [0.2, 0.25) is 0 Å². The van der Waals surface area contributed by atoms with Gasteiger partial charge in [-0.05, 0) is 51.3 Å². The maximum atomic E-state index is 5.84. The fourth-order valence-electron chi connectivity index (χ4n) is 3.85. The van der Waals surface area contributed by atoms with E-state index in [1.807, 2.05) is 0 Å². The van der Waals surface area contributed by atoms with E-state index in [0.29, 0.717) is 6.04 Å². The van der Waals surface area contributed by atoms with Crippen molar-refractivity contribution in [3.63, 3.8) is 0 Å². The van der Waals surface area contributed by atoms with Gasteiger partial charge in [-0.1, -0.05) is 30.3 Å². The predicted octanol–water partition coefficient (Wildman–Crippen LogP) is 2.57. The molecule has 0 bridgehead atoms. The smallest absolute Gasteiger partial charge is 0.191 e. The molecule has 2 saturated heterocycles. The van der Waals surface area contributed by atoms with Gasteiger partial charge < -0.3 is 20.1 Å². The van der Waals surface area contributed by atoms with Crippen LogP contribution in [0.3, 0.4) is 0 Å². The van der Waals surface area contributed by atoms with Crippen LogP contribution in [0.5, 0.6) is 0 Å². The van der Waals surface area contributed by atoms with Crippen molar-refractivity contribution >= 4 is 5.96 Å². The number of aliphatic imine (C=N–C) groups is 1. The van der Waals surface area contributed by atoms with Gasteiger partial charge in [0.1, 0.15) is 0 Å². The molecule has 2 unspecified atom stereocenters. The summed E-state index contributed by atoms with van der Waals surface area (Å²) in [4.78, 5) is 7.47. The summed E-state index contributed by atoms with van der Waals surface area (Å²) >= 11 is 0. The van der Waals surface area contributed by atoms with Gasteiger partial charge in [0.25, 0.3) is 0 Å². The van der Waals surface area contributed by atoms with E-state index < -0.39 is 0 Å². The lowest BCUT2D eigenvalue weighted by Gasteiger charge is -2.27. The molecule has 0 amide bonds. The second-order valence-electron chi connectivity index (χ2n) is 7.53. The maximum Gasteiger partial charge on any atom is 0.191 e. The van der Waals surface area contributed by atoms with E-state index in [4.69, 9.17) is 14.5 Å². The van der Waals surface area contributed by atoms with E-state index in [1.165, 1.54) is 31.5 Å². The molecule has 2 atom stereocenters. The quantitative estimate of drug-likeness (QED) is 0.367. The molecule has 2 fully saturated rings. The molecule has 0 saturated carbocycles. The van der Waals surface area contributed by atoms with Crippen molar-refractivity contribution in [2.45, 2.75) is 44.8 Å². The molecular weight excluding hydrogens is 352 g/mol. The van der Waals surface area contributed by atoms with Gasteiger partial charge in [0, 0.05) is 26.3 Å². The van der Waals surface area contributed by atoms with Gasteiger partial charge in [0.05, 0.1) is 25.3 Å². The minimum absolute atomic E-state index is 0.286. The van der Waals surface area contributed by atoms with Crippen LogP contribution in [0.4, 0.5) is 0 Å². The Bertz CT molecular complexity index is 569. The lowest BCUT2D eigenvalue weighted by Crippen LogP contribution is -2.39. The topological polar surface area (TPSA) is 58.1 Å². The molecule has 0 aliphatic carbocycles. The Morgan fingerprint density at radius 2 is 2.07 bits per heavy atom. The van der Waals surface area contributed by atoms with Crippen molar-refractivity contribution in [1.82, 2.24) is 15.5 Å². The molecule has 1 aromatic carbocycles. The lowest BCUT2D eigenvalue weighted by molar-refractivity contribution is 0.0420. The Morgan fingerprint density at radius 1 is 1.25 bits per heavy atom. The largest absolute Gasteiger partial charge is 0.379 e. The molecule has 2 aliphatic heterocycles. The summed E-state index contributed by atoms with van der Waals surface area (Å²) in [5.41, 5.74) is 1.36. The number of nitrogens with one attached hydrogen (secondary N) is 2. The summed E-state index contributed by atoms with van der Waals surface area (Å²) in [6, 6.07) is 11.1. The fraction of sp³-hybridized carbons (Fsp3) is 0.682. The Kier molecular flexibility index (Phi) is 9.07. The van der Waals surface area contributed by atoms with Crippen LogP contribution in [-0.2, 0) is 9.47 Å². The van der Waals surface area contributed by atoms with Crippen molar-refractivity contribution in [2.24, 2.45) is 4.99 Å². The first-order valence-electron chi connectivity index (χ1n) is 10.9. The summed E-state index contributed by atoms with van der Waals surface area (Å²) in [5, 5.41) is 6.82. The van der Waals surface area contributed by atoms with Crippen LogP contribution in [0.25, 0.3) is 0 Å². The number of likely N-dealkylation sites (tertiary alicyclic amines) is 1. The summed E-state index contributed by atoms with van der Waals surface area (Å²) in [6.07, 6.45) is 4.85. The van der Waals surface area contributed by atoms with E-state index in [2.05, 4.69) is 52.8 Å². The SMILES string of the molecule is CCNC(=NCC(c1ccccc1)N1CCCC1)NCCCOC1CCOC1. The molecule has 6 nitrogen and oxygen atoms in total. The third-order valence-corrected chi connectivity index (χ3v) is 5.39. The highest BCUT2D eigenvalue weighted by Crippen LogP contribution is 2.25. The third-order valence-electron chi connectivity index (χ3n) is 5.39. The zero-order chi connectivity index (χ0) is 19.4. The lowest BCUT2D eigenvalue weighted by atomic mass is 10.1. The van der Waals surface area contributed by atoms with Crippen LogP contribution >= 0.6 is 0 Å². The maximum absolute atomic E-state index is 5.84. The molecule has 2 heterocycles. The zero-order valence-corrected chi connectivity index (χ0v) is 17.2. The Morgan fingerprint density at radius 3 is 2.79 bits per heavy atom. The van der Waals surface area contributed by atoms with E-state index in [0.717, 1.165) is 58.3 Å². The van der Waals surface area contributed by atoms with Crippen LogP contribution in [0, 0.1) is 0 Å². The third kappa shape index (κ3) is 6.76. The molecule has 3 rings (SSSR count). The number of rotatable bonds is 10. The van der Waals surface area contributed by atoms with Crippen LogP contribution in [0.2, 0.25) is 0 Å². The number of benzene rings is 1. The van der Waals surface area contributed by atoms with E-state index in [-0.39, 0.29) is 6.10 Å². The number of ether oxygens (including phenoxy) is 2. The van der Waals surface area contributed by atoms with Crippen molar-refractivity contribution < 1.29 is 9.47 Å². The highest BCUT2D eigenvalue weighted by molar-refractivity contribution is 5.79. The molecule has 1 aromatic rings. The first-order valence-corrected chi connectivity index (χ1v) is 10.9. The van der Waals surface area contributed by atoms with Gasteiger partial charge in [0.15, 0.2) is 5.96 Å². The van der Waals surface area contributed by atoms with Gasteiger partial charge in [-0.3, -0.25) is 9.89 Å². The average Bonchev–Trinajstić information content (AvgIpc) is 3.43. The molecule has 28 heavy (non-hydrogen) atoms.